The molecule has 0 fully saturated rings. The highest BCUT2D eigenvalue weighted by Gasteiger charge is 2.33. The zero-order valence-corrected chi connectivity index (χ0v) is 14.6. The molecule has 3 heteroatoms. The van der Waals surface area contributed by atoms with Crippen LogP contribution < -0.4 is 10.1 Å². The van der Waals surface area contributed by atoms with Crippen molar-refractivity contribution in [3.05, 3.63) is 29.8 Å². The highest BCUT2D eigenvalue weighted by Crippen LogP contribution is 2.26. The lowest BCUT2D eigenvalue weighted by Crippen LogP contribution is -2.58. The van der Waals surface area contributed by atoms with Crippen molar-refractivity contribution in [1.82, 2.24) is 10.2 Å². The summed E-state index contributed by atoms with van der Waals surface area (Å²) in [5.74, 6) is 0.982. The van der Waals surface area contributed by atoms with Gasteiger partial charge in [0.05, 0.1) is 7.11 Å². The van der Waals surface area contributed by atoms with Crippen molar-refractivity contribution in [3.8, 4) is 5.75 Å². The number of rotatable bonds is 9. The Labute approximate surface area is 130 Å². The van der Waals surface area contributed by atoms with Gasteiger partial charge in [0.1, 0.15) is 5.75 Å². The number of benzene rings is 1. The number of methoxy groups -OCH3 is 1. The summed E-state index contributed by atoms with van der Waals surface area (Å²) in [5.41, 5.74) is 1.37. The molecule has 0 spiro atoms. The predicted octanol–water partition coefficient (Wildman–Crippen LogP) is 3.34. The number of hydrogen-bond acceptors (Lipinski definition) is 3. The summed E-state index contributed by atoms with van der Waals surface area (Å²) in [7, 11) is 1.75. The minimum atomic E-state index is 0.0976. The highest BCUT2D eigenvalue weighted by molar-refractivity contribution is 5.34. The van der Waals surface area contributed by atoms with Crippen molar-refractivity contribution in [2.75, 3.05) is 26.7 Å². The van der Waals surface area contributed by atoms with Gasteiger partial charge in [-0.2, -0.15) is 0 Å². The SMILES string of the molecule is CCNC(Cc1ccccc1OC)C(C)(C)N(CC)CC. The Bertz CT molecular complexity index is 413. The van der Waals surface area contributed by atoms with Gasteiger partial charge in [-0.25, -0.2) is 0 Å². The maximum atomic E-state index is 5.51. The zero-order valence-electron chi connectivity index (χ0n) is 14.6. The van der Waals surface area contributed by atoms with E-state index in [0.29, 0.717) is 6.04 Å². The molecule has 3 nitrogen and oxygen atoms in total. The molecule has 0 bridgehead atoms. The van der Waals surface area contributed by atoms with Crippen LogP contribution in [0.2, 0.25) is 0 Å². The Morgan fingerprint density at radius 1 is 1.14 bits per heavy atom. The number of nitrogens with one attached hydrogen (secondary N) is 1. The van der Waals surface area contributed by atoms with Gasteiger partial charge in [0.25, 0.3) is 0 Å². The van der Waals surface area contributed by atoms with Gasteiger partial charge in [-0.05, 0) is 51.5 Å². The van der Waals surface area contributed by atoms with Crippen molar-refractivity contribution < 1.29 is 4.74 Å². The summed E-state index contributed by atoms with van der Waals surface area (Å²) in [6.07, 6.45) is 0.974. The second-order valence-corrected chi connectivity index (χ2v) is 5.95. The third-order valence-electron chi connectivity index (χ3n) is 4.50. The van der Waals surface area contributed by atoms with Crippen LogP contribution in [-0.2, 0) is 6.42 Å². The van der Waals surface area contributed by atoms with Crippen molar-refractivity contribution in [3.63, 3.8) is 0 Å². The summed E-state index contributed by atoms with van der Waals surface area (Å²) in [6.45, 7) is 14.4. The molecule has 0 radical (unpaired) electrons. The van der Waals surface area contributed by atoms with Crippen molar-refractivity contribution >= 4 is 0 Å². The summed E-state index contributed by atoms with van der Waals surface area (Å²) in [6, 6.07) is 8.72. The van der Waals surface area contributed by atoms with Crippen LogP contribution in [0, 0.1) is 0 Å². The van der Waals surface area contributed by atoms with Gasteiger partial charge in [-0.3, -0.25) is 4.90 Å². The van der Waals surface area contributed by atoms with Crippen LogP contribution in [0.15, 0.2) is 24.3 Å². The van der Waals surface area contributed by atoms with E-state index in [1.54, 1.807) is 7.11 Å². The Balaban J connectivity index is 3.01. The zero-order chi connectivity index (χ0) is 15.9. The maximum Gasteiger partial charge on any atom is 0.122 e. The first-order valence-electron chi connectivity index (χ1n) is 8.11. The molecule has 1 unspecified atom stereocenters. The minimum absolute atomic E-state index is 0.0976. The Hall–Kier alpha value is -1.06. The van der Waals surface area contributed by atoms with Gasteiger partial charge >= 0.3 is 0 Å². The van der Waals surface area contributed by atoms with E-state index in [2.05, 4.69) is 57.0 Å². The van der Waals surface area contributed by atoms with Gasteiger partial charge in [-0.1, -0.05) is 39.0 Å². The quantitative estimate of drug-likeness (QED) is 0.755. The van der Waals surface area contributed by atoms with E-state index >= 15 is 0 Å². The first-order valence-corrected chi connectivity index (χ1v) is 8.11. The first-order chi connectivity index (χ1) is 10.0. The summed E-state index contributed by atoms with van der Waals surface area (Å²) < 4.78 is 5.51. The number of hydrogen-bond donors (Lipinski definition) is 1. The summed E-state index contributed by atoms with van der Waals surface area (Å²) in [5, 5.41) is 3.67. The minimum Gasteiger partial charge on any atom is -0.496 e. The molecule has 0 aliphatic rings. The molecular weight excluding hydrogens is 260 g/mol. The molecule has 0 amide bonds. The first kappa shape index (κ1) is 18.0. The van der Waals surface area contributed by atoms with Crippen LogP contribution in [-0.4, -0.2) is 43.2 Å². The highest BCUT2D eigenvalue weighted by atomic mass is 16.5. The number of para-hydroxylation sites is 1. The van der Waals surface area contributed by atoms with E-state index in [1.807, 2.05) is 12.1 Å². The lowest BCUT2D eigenvalue weighted by molar-refractivity contribution is 0.0915. The normalized spacial score (nSPS) is 13.5. The van der Waals surface area contributed by atoms with Gasteiger partial charge < -0.3 is 10.1 Å². The smallest absolute Gasteiger partial charge is 0.122 e. The lowest BCUT2D eigenvalue weighted by Gasteiger charge is -2.44. The molecule has 0 aliphatic heterocycles. The van der Waals surface area contributed by atoms with Crippen molar-refractivity contribution in [1.29, 1.82) is 0 Å². The van der Waals surface area contributed by atoms with Crippen LogP contribution in [0.3, 0.4) is 0 Å². The fourth-order valence-corrected chi connectivity index (χ4v) is 3.17. The van der Waals surface area contributed by atoms with E-state index in [0.717, 1.165) is 31.8 Å². The summed E-state index contributed by atoms with van der Waals surface area (Å²) >= 11 is 0. The molecular formula is C18H32N2O. The van der Waals surface area contributed by atoms with Gasteiger partial charge in [0.2, 0.25) is 0 Å². The molecule has 0 aromatic heterocycles. The standard InChI is InChI=1S/C18H32N2O/c1-7-19-17(18(4,5)20(8-2)9-3)14-15-12-10-11-13-16(15)21-6/h10-13,17,19H,7-9,14H2,1-6H3. The molecule has 1 rings (SSSR count). The predicted molar refractivity (Wildman–Crippen MR) is 91.2 cm³/mol. The molecule has 0 heterocycles. The maximum absolute atomic E-state index is 5.51. The van der Waals surface area contributed by atoms with Gasteiger partial charge in [0, 0.05) is 11.6 Å². The van der Waals surface area contributed by atoms with Crippen molar-refractivity contribution in [2.24, 2.45) is 0 Å². The fraction of sp³-hybridized carbons (Fsp3) is 0.667. The van der Waals surface area contributed by atoms with Crippen LogP contribution in [0.4, 0.5) is 0 Å². The van der Waals surface area contributed by atoms with Crippen LogP contribution in [0.25, 0.3) is 0 Å². The van der Waals surface area contributed by atoms with Gasteiger partial charge in [0.15, 0.2) is 0 Å². The largest absolute Gasteiger partial charge is 0.496 e. The van der Waals surface area contributed by atoms with E-state index < -0.39 is 0 Å². The second-order valence-electron chi connectivity index (χ2n) is 5.95. The van der Waals surface area contributed by atoms with E-state index in [9.17, 15) is 0 Å². The molecule has 0 saturated carbocycles. The number of nitrogens with zero attached hydrogens (tertiary/aromatic N) is 1. The number of likely N-dealkylation sites (N-methyl/N-ethyl adjacent to an activating group) is 2. The third kappa shape index (κ3) is 4.45. The number of ether oxygens (including phenoxy) is 1. The molecule has 1 aromatic carbocycles. The summed E-state index contributed by atoms with van der Waals surface area (Å²) in [4.78, 5) is 2.52. The van der Waals surface area contributed by atoms with Crippen molar-refractivity contribution in [2.45, 2.75) is 52.6 Å². The molecule has 0 saturated heterocycles. The van der Waals surface area contributed by atoms with E-state index in [-0.39, 0.29) is 5.54 Å². The Kier molecular flexibility index (Phi) is 7.20. The molecule has 1 atom stereocenters. The van der Waals surface area contributed by atoms with Crippen LogP contribution in [0.1, 0.15) is 40.2 Å². The third-order valence-corrected chi connectivity index (χ3v) is 4.50. The van der Waals surface area contributed by atoms with Gasteiger partial charge in [-0.15, -0.1) is 0 Å². The second kappa shape index (κ2) is 8.40. The van der Waals surface area contributed by atoms with Crippen LogP contribution >= 0.6 is 0 Å². The average molecular weight is 292 g/mol. The molecule has 21 heavy (non-hydrogen) atoms. The molecule has 0 aliphatic carbocycles. The topological polar surface area (TPSA) is 24.5 Å². The monoisotopic (exact) mass is 292 g/mol. The molecule has 1 aromatic rings. The molecule has 120 valence electrons. The molecule has 1 N–H and O–H groups in total. The fourth-order valence-electron chi connectivity index (χ4n) is 3.17. The van der Waals surface area contributed by atoms with E-state index in [1.165, 1.54) is 5.56 Å². The lowest BCUT2D eigenvalue weighted by atomic mass is 9.87. The Morgan fingerprint density at radius 3 is 2.29 bits per heavy atom. The average Bonchev–Trinajstić information content (AvgIpc) is 2.48. The van der Waals surface area contributed by atoms with E-state index in [4.69, 9.17) is 4.74 Å². The Morgan fingerprint density at radius 2 is 1.76 bits per heavy atom. The van der Waals surface area contributed by atoms with Crippen LogP contribution in [0.5, 0.6) is 5.75 Å².